The number of amides is 1. The summed E-state index contributed by atoms with van der Waals surface area (Å²) in [7, 11) is 3.65. The number of thioether (sulfide) groups is 1. The van der Waals surface area contributed by atoms with Crippen molar-refractivity contribution in [3.8, 4) is 0 Å². The molecule has 0 aromatic rings. The first kappa shape index (κ1) is 20.5. The Hall–Kier alpha value is -0.550. The Morgan fingerprint density at radius 3 is 2.48 bits per heavy atom. The summed E-state index contributed by atoms with van der Waals surface area (Å²) in [6, 6.07) is 0. The fourth-order valence-electron chi connectivity index (χ4n) is 2.01. The van der Waals surface area contributed by atoms with Crippen LogP contribution < -0.4 is 5.32 Å². The highest BCUT2D eigenvalue weighted by atomic mass is 32.2. The summed E-state index contributed by atoms with van der Waals surface area (Å²) in [6.45, 7) is 5.66. The molecule has 124 valence electrons. The fraction of sp³-hybridized carbons (Fsp3) is 0.875. The second kappa shape index (κ2) is 13.1. The van der Waals surface area contributed by atoms with Crippen molar-refractivity contribution in [3.05, 3.63) is 0 Å². The number of nitrogens with zero attached hydrogens (tertiary/aromatic N) is 1. The van der Waals surface area contributed by atoms with Gasteiger partial charge in [0.25, 0.3) is 0 Å². The number of hydrogen-bond donors (Lipinski definition) is 1. The predicted molar refractivity (Wildman–Crippen MR) is 91.9 cm³/mol. The number of carbonyl (C=O) groups excluding carboxylic acids is 2. The third kappa shape index (κ3) is 11.8. The number of nitrogens with one attached hydrogen (secondary N) is 1. The molecule has 0 aromatic heterocycles. The molecule has 0 spiro atoms. The molecule has 1 atom stereocenters. The van der Waals surface area contributed by atoms with Crippen molar-refractivity contribution in [2.45, 2.75) is 57.6 Å². The Kier molecular flexibility index (Phi) is 12.8. The van der Waals surface area contributed by atoms with E-state index in [0.29, 0.717) is 18.7 Å². The van der Waals surface area contributed by atoms with E-state index >= 15 is 0 Å². The number of unbranched alkanes of at least 4 members (excludes halogenated alkanes) is 4. The molecule has 0 aromatic carbocycles. The van der Waals surface area contributed by atoms with E-state index in [1.54, 1.807) is 18.8 Å². The van der Waals surface area contributed by atoms with Crippen LogP contribution in [-0.4, -0.2) is 54.8 Å². The van der Waals surface area contributed by atoms with Crippen molar-refractivity contribution in [3.63, 3.8) is 0 Å². The molecule has 0 saturated carbocycles. The van der Waals surface area contributed by atoms with E-state index in [4.69, 9.17) is 0 Å². The van der Waals surface area contributed by atoms with Crippen LogP contribution in [-0.2, 0) is 9.59 Å². The van der Waals surface area contributed by atoms with Gasteiger partial charge in [-0.05, 0) is 26.9 Å². The predicted octanol–water partition coefficient (Wildman–Crippen LogP) is 2.72. The van der Waals surface area contributed by atoms with Gasteiger partial charge in [0.05, 0.1) is 11.8 Å². The average Bonchev–Trinajstić information content (AvgIpc) is 2.46. The zero-order valence-electron chi connectivity index (χ0n) is 14.1. The third-order valence-corrected chi connectivity index (χ3v) is 4.70. The first-order valence-electron chi connectivity index (χ1n) is 8.04. The van der Waals surface area contributed by atoms with Crippen LogP contribution >= 0.6 is 11.8 Å². The lowest BCUT2D eigenvalue weighted by molar-refractivity contribution is -0.120. The quantitative estimate of drug-likeness (QED) is 0.531. The molecule has 0 heterocycles. The van der Waals surface area contributed by atoms with Crippen molar-refractivity contribution in [2.75, 3.05) is 32.9 Å². The van der Waals surface area contributed by atoms with Gasteiger partial charge >= 0.3 is 0 Å². The molecule has 5 heteroatoms. The third-order valence-electron chi connectivity index (χ3n) is 3.50. The topological polar surface area (TPSA) is 49.4 Å². The van der Waals surface area contributed by atoms with Gasteiger partial charge in [-0.1, -0.05) is 32.6 Å². The second-order valence-electron chi connectivity index (χ2n) is 5.55. The Morgan fingerprint density at radius 1 is 1.19 bits per heavy atom. The van der Waals surface area contributed by atoms with Gasteiger partial charge in [0.15, 0.2) is 5.78 Å². The van der Waals surface area contributed by atoms with Gasteiger partial charge in [0.2, 0.25) is 5.91 Å². The number of likely N-dealkylation sites (N-methyl/N-ethyl adjacent to an activating group) is 1. The van der Waals surface area contributed by atoms with Crippen molar-refractivity contribution in [1.82, 2.24) is 10.2 Å². The van der Waals surface area contributed by atoms with Crippen LogP contribution in [0.4, 0.5) is 0 Å². The molecule has 1 amide bonds. The Labute approximate surface area is 134 Å². The smallest absolute Gasteiger partial charge is 0.220 e. The van der Waals surface area contributed by atoms with Crippen molar-refractivity contribution < 1.29 is 9.59 Å². The monoisotopic (exact) mass is 316 g/mol. The van der Waals surface area contributed by atoms with Crippen LogP contribution in [0.3, 0.4) is 0 Å². The van der Waals surface area contributed by atoms with Crippen LogP contribution in [0.2, 0.25) is 0 Å². The van der Waals surface area contributed by atoms with E-state index in [2.05, 4.69) is 17.1 Å². The standard InChI is InChI=1S/C16H32N2O2S/c1-5-6-7-8-9-11-18(4)13-15(19)14(2)21-12-10-16(20)17-3/h14H,5-13H2,1-4H3,(H,17,20). The molecule has 0 rings (SSSR count). The molecular formula is C16H32N2O2S. The number of rotatable bonds is 13. The number of carbonyl (C=O) groups is 2. The SMILES string of the molecule is CCCCCCCN(C)CC(=O)C(C)SCCC(=O)NC. The Balaban J connectivity index is 3.71. The first-order valence-corrected chi connectivity index (χ1v) is 9.09. The van der Waals surface area contributed by atoms with Crippen LogP contribution in [0.1, 0.15) is 52.4 Å². The Morgan fingerprint density at radius 2 is 1.86 bits per heavy atom. The molecule has 21 heavy (non-hydrogen) atoms. The van der Waals surface area contributed by atoms with E-state index in [1.165, 1.54) is 32.1 Å². The molecule has 0 fully saturated rings. The minimum absolute atomic E-state index is 0.0304. The van der Waals surface area contributed by atoms with Crippen molar-refractivity contribution in [2.24, 2.45) is 0 Å². The van der Waals surface area contributed by atoms with Crippen LogP contribution in [0, 0.1) is 0 Å². The number of ketones is 1. The number of hydrogen-bond acceptors (Lipinski definition) is 4. The van der Waals surface area contributed by atoms with Gasteiger partial charge < -0.3 is 5.32 Å². The molecule has 1 unspecified atom stereocenters. The summed E-state index contributed by atoms with van der Waals surface area (Å²) < 4.78 is 0. The summed E-state index contributed by atoms with van der Waals surface area (Å²) in [6.07, 6.45) is 6.77. The highest BCUT2D eigenvalue weighted by molar-refractivity contribution is 8.00. The molecule has 0 bridgehead atoms. The molecule has 0 saturated heterocycles. The summed E-state index contributed by atoms with van der Waals surface area (Å²) in [5.74, 6) is 0.993. The molecule has 0 aliphatic rings. The minimum Gasteiger partial charge on any atom is -0.359 e. The van der Waals surface area contributed by atoms with E-state index < -0.39 is 0 Å². The van der Waals surface area contributed by atoms with Crippen LogP contribution in [0.25, 0.3) is 0 Å². The van der Waals surface area contributed by atoms with Crippen molar-refractivity contribution >= 4 is 23.5 Å². The number of Topliss-reactive ketones (excluding diaryl/α,β-unsaturated/α-hetero) is 1. The second-order valence-corrected chi connectivity index (χ2v) is 7.00. The van der Waals surface area contributed by atoms with Gasteiger partial charge in [-0.15, -0.1) is 0 Å². The summed E-state index contributed by atoms with van der Waals surface area (Å²) in [4.78, 5) is 25.3. The van der Waals surface area contributed by atoms with E-state index in [0.717, 1.165) is 6.54 Å². The van der Waals surface area contributed by atoms with E-state index in [-0.39, 0.29) is 16.9 Å². The fourth-order valence-corrected chi connectivity index (χ4v) is 2.92. The zero-order chi connectivity index (χ0) is 16.1. The van der Waals surface area contributed by atoms with E-state index in [1.807, 2.05) is 14.0 Å². The highest BCUT2D eigenvalue weighted by Gasteiger charge is 2.15. The highest BCUT2D eigenvalue weighted by Crippen LogP contribution is 2.13. The van der Waals surface area contributed by atoms with E-state index in [9.17, 15) is 9.59 Å². The maximum atomic E-state index is 12.1. The van der Waals surface area contributed by atoms with Crippen LogP contribution in [0.15, 0.2) is 0 Å². The lowest BCUT2D eigenvalue weighted by Gasteiger charge is -2.18. The molecule has 4 nitrogen and oxygen atoms in total. The van der Waals surface area contributed by atoms with Gasteiger partial charge in [0, 0.05) is 19.2 Å². The van der Waals surface area contributed by atoms with Crippen LogP contribution in [0.5, 0.6) is 0 Å². The van der Waals surface area contributed by atoms with Gasteiger partial charge in [-0.25, -0.2) is 0 Å². The molecule has 1 N–H and O–H groups in total. The first-order chi connectivity index (χ1) is 10.0. The molecule has 0 aliphatic carbocycles. The molecule has 0 aliphatic heterocycles. The maximum Gasteiger partial charge on any atom is 0.220 e. The summed E-state index contributed by atoms with van der Waals surface area (Å²) >= 11 is 1.57. The largest absolute Gasteiger partial charge is 0.359 e. The average molecular weight is 317 g/mol. The zero-order valence-corrected chi connectivity index (χ0v) is 14.9. The van der Waals surface area contributed by atoms with Gasteiger partial charge in [-0.2, -0.15) is 11.8 Å². The van der Waals surface area contributed by atoms with Crippen molar-refractivity contribution in [1.29, 1.82) is 0 Å². The minimum atomic E-state index is -0.0304. The lowest BCUT2D eigenvalue weighted by atomic mass is 10.1. The molecular weight excluding hydrogens is 284 g/mol. The summed E-state index contributed by atoms with van der Waals surface area (Å²) in [5.41, 5.74) is 0. The normalized spacial score (nSPS) is 12.4. The van der Waals surface area contributed by atoms with Gasteiger partial charge in [0.1, 0.15) is 0 Å². The summed E-state index contributed by atoms with van der Waals surface area (Å²) in [5, 5.41) is 2.56. The molecule has 0 radical (unpaired) electrons. The maximum absolute atomic E-state index is 12.1. The Bertz CT molecular complexity index is 298. The lowest BCUT2D eigenvalue weighted by Crippen LogP contribution is -2.31. The van der Waals surface area contributed by atoms with Gasteiger partial charge in [-0.3, -0.25) is 14.5 Å².